The molecule has 2 aliphatic heterocycles. The standard InChI is InChI=1S/C15H22N4O2S2/c22-15(16-10-12-2-1-7-21-12)18-17-11-13-3-4-14(23-13)19-5-8-20-9-6-19/h3-4,11-12H,1-2,5-10H2,(H2,16,18,22)/b17-11+. The lowest BCUT2D eigenvalue weighted by Crippen LogP contribution is -2.37. The van der Waals surface area contributed by atoms with Gasteiger partial charge in [0, 0.05) is 31.1 Å². The zero-order chi connectivity index (χ0) is 15.9. The summed E-state index contributed by atoms with van der Waals surface area (Å²) in [5, 5.41) is 9.11. The highest BCUT2D eigenvalue weighted by molar-refractivity contribution is 7.80. The van der Waals surface area contributed by atoms with Crippen LogP contribution in [0.1, 0.15) is 17.7 Å². The Bertz CT molecular complexity index is 537. The number of nitrogens with zero attached hydrogens (tertiary/aromatic N) is 2. The number of ether oxygens (including phenoxy) is 2. The molecule has 0 radical (unpaired) electrons. The van der Waals surface area contributed by atoms with Crippen molar-refractivity contribution < 1.29 is 9.47 Å². The Kier molecular flexibility index (Phi) is 6.21. The summed E-state index contributed by atoms with van der Waals surface area (Å²) in [7, 11) is 0. The molecule has 1 atom stereocenters. The molecule has 0 spiro atoms. The van der Waals surface area contributed by atoms with Crippen molar-refractivity contribution in [1.82, 2.24) is 10.7 Å². The Hall–Kier alpha value is -1.22. The molecule has 23 heavy (non-hydrogen) atoms. The average Bonchev–Trinajstić information content (AvgIpc) is 3.26. The van der Waals surface area contributed by atoms with Crippen LogP contribution in [0.25, 0.3) is 0 Å². The van der Waals surface area contributed by atoms with Crippen LogP contribution in [-0.4, -0.2) is 56.9 Å². The number of anilines is 1. The van der Waals surface area contributed by atoms with Gasteiger partial charge < -0.3 is 19.7 Å². The van der Waals surface area contributed by atoms with Gasteiger partial charge in [-0.05, 0) is 37.2 Å². The minimum absolute atomic E-state index is 0.270. The van der Waals surface area contributed by atoms with Gasteiger partial charge in [0.2, 0.25) is 0 Å². The predicted octanol–water partition coefficient (Wildman–Crippen LogP) is 1.56. The molecule has 1 aromatic heterocycles. The topological polar surface area (TPSA) is 58.1 Å². The predicted molar refractivity (Wildman–Crippen MR) is 97.7 cm³/mol. The zero-order valence-corrected chi connectivity index (χ0v) is 14.6. The first-order chi connectivity index (χ1) is 11.3. The molecule has 1 aromatic rings. The molecule has 0 amide bonds. The lowest BCUT2D eigenvalue weighted by molar-refractivity contribution is 0.114. The first kappa shape index (κ1) is 16.6. The van der Waals surface area contributed by atoms with Crippen molar-refractivity contribution in [3.63, 3.8) is 0 Å². The second-order valence-corrected chi connectivity index (χ2v) is 6.99. The van der Waals surface area contributed by atoms with Crippen LogP contribution in [0, 0.1) is 0 Å². The smallest absolute Gasteiger partial charge is 0.187 e. The van der Waals surface area contributed by atoms with Crippen molar-refractivity contribution in [3.05, 3.63) is 17.0 Å². The Morgan fingerprint density at radius 3 is 3.04 bits per heavy atom. The largest absolute Gasteiger partial charge is 0.378 e. The maximum atomic E-state index is 5.54. The first-order valence-corrected chi connectivity index (χ1v) is 9.15. The van der Waals surface area contributed by atoms with Crippen molar-refractivity contribution in [1.29, 1.82) is 0 Å². The van der Waals surface area contributed by atoms with Crippen LogP contribution < -0.4 is 15.6 Å². The Balaban J connectivity index is 1.40. The van der Waals surface area contributed by atoms with Gasteiger partial charge in [0.1, 0.15) is 0 Å². The van der Waals surface area contributed by atoms with Gasteiger partial charge in [-0.25, -0.2) is 0 Å². The van der Waals surface area contributed by atoms with Crippen molar-refractivity contribution >= 4 is 39.9 Å². The van der Waals surface area contributed by atoms with Crippen molar-refractivity contribution in [2.45, 2.75) is 18.9 Å². The molecule has 3 rings (SSSR count). The fraction of sp³-hybridized carbons (Fsp3) is 0.600. The number of hydrazone groups is 1. The Labute approximate surface area is 145 Å². The summed E-state index contributed by atoms with van der Waals surface area (Å²) >= 11 is 6.92. The van der Waals surface area contributed by atoms with Crippen LogP contribution in [0.5, 0.6) is 0 Å². The molecule has 1 unspecified atom stereocenters. The summed E-state index contributed by atoms with van der Waals surface area (Å²) in [6, 6.07) is 4.20. The van der Waals surface area contributed by atoms with Crippen LogP contribution >= 0.6 is 23.6 Å². The molecular weight excluding hydrogens is 332 g/mol. The first-order valence-electron chi connectivity index (χ1n) is 7.92. The van der Waals surface area contributed by atoms with Gasteiger partial charge >= 0.3 is 0 Å². The fourth-order valence-electron chi connectivity index (χ4n) is 2.57. The second kappa shape index (κ2) is 8.58. The van der Waals surface area contributed by atoms with Gasteiger partial charge in [-0.3, -0.25) is 5.43 Å². The van der Waals surface area contributed by atoms with E-state index in [-0.39, 0.29) is 6.10 Å². The molecule has 6 nitrogen and oxygen atoms in total. The molecule has 3 heterocycles. The number of rotatable bonds is 5. The minimum atomic E-state index is 0.270. The SMILES string of the molecule is S=C(NCC1CCCO1)N/N=C/c1ccc(N2CCOCC2)s1. The van der Waals surface area contributed by atoms with E-state index in [4.69, 9.17) is 21.7 Å². The van der Waals surface area contributed by atoms with Gasteiger partial charge in [-0.1, -0.05) is 0 Å². The van der Waals surface area contributed by atoms with E-state index in [0.29, 0.717) is 5.11 Å². The summed E-state index contributed by atoms with van der Waals surface area (Å²) in [6.07, 6.45) is 4.30. The normalized spacial score (nSPS) is 21.7. The third-order valence-corrected chi connectivity index (χ3v) is 5.12. The molecule has 2 N–H and O–H groups in total. The van der Waals surface area contributed by atoms with Crippen molar-refractivity contribution in [3.8, 4) is 0 Å². The van der Waals surface area contributed by atoms with Gasteiger partial charge in [0.15, 0.2) is 5.11 Å². The summed E-state index contributed by atoms with van der Waals surface area (Å²) in [4.78, 5) is 3.44. The van der Waals surface area contributed by atoms with E-state index in [9.17, 15) is 0 Å². The van der Waals surface area contributed by atoms with E-state index in [1.165, 1.54) is 5.00 Å². The number of morpholine rings is 1. The summed E-state index contributed by atoms with van der Waals surface area (Å²) in [5.74, 6) is 0. The maximum absolute atomic E-state index is 5.54. The zero-order valence-electron chi connectivity index (χ0n) is 13.0. The molecular formula is C15H22N4O2S2. The lowest BCUT2D eigenvalue weighted by atomic mass is 10.2. The molecule has 126 valence electrons. The third kappa shape index (κ3) is 5.13. The van der Waals surface area contributed by atoms with E-state index in [1.54, 1.807) is 17.6 Å². The molecule has 0 aliphatic carbocycles. The van der Waals surface area contributed by atoms with Gasteiger partial charge in [0.05, 0.1) is 30.5 Å². The van der Waals surface area contributed by atoms with Crippen LogP contribution in [0.2, 0.25) is 0 Å². The van der Waals surface area contributed by atoms with Gasteiger partial charge in [-0.15, -0.1) is 11.3 Å². The molecule has 2 fully saturated rings. The fourth-order valence-corrected chi connectivity index (χ4v) is 3.64. The maximum Gasteiger partial charge on any atom is 0.187 e. The third-order valence-electron chi connectivity index (χ3n) is 3.81. The number of thiocarbonyl (C=S) groups is 1. The number of hydrogen-bond acceptors (Lipinski definition) is 6. The Morgan fingerprint density at radius 2 is 2.26 bits per heavy atom. The van der Waals surface area contributed by atoms with Gasteiger partial charge in [0.25, 0.3) is 0 Å². The number of nitrogens with one attached hydrogen (secondary N) is 2. The highest BCUT2D eigenvalue weighted by Gasteiger charge is 2.15. The monoisotopic (exact) mass is 354 g/mol. The van der Waals surface area contributed by atoms with E-state index >= 15 is 0 Å². The summed E-state index contributed by atoms with van der Waals surface area (Å²) in [5.41, 5.74) is 2.85. The highest BCUT2D eigenvalue weighted by atomic mass is 32.1. The van der Waals surface area contributed by atoms with E-state index in [2.05, 4.69) is 32.9 Å². The number of thiophene rings is 1. The molecule has 2 aliphatic rings. The lowest BCUT2D eigenvalue weighted by Gasteiger charge is -2.27. The molecule has 0 aromatic carbocycles. The molecule has 0 saturated carbocycles. The van der Waals surface area contributed by atoms with E-state index in [0.717, 1.165) is 57.2 Å². The molecule has 0 bridgehead atoms. The van der Waals surface area contributed by atoms with Crippen molar-refractivity contribution in [2.75, 3.05) is 44.4 Å². The van der Waals surface area contributed by atoms with Crippen molar-refractivity contribution in [2.24, 2.45) is 5.10 Å². The number of hydrogen-bond donors (Lipinski definition) is 2. The van der Waals surface area contributed by atoms with E-state index in [1.807, 2.05) is 0 Å². The quantitative estimate of drug-likeness (QED) is 0.475. The minimum Gasteiger partial charge on any atom is -0.378 e. The van der Waals surface area contributed by atoms with Crippen LogP contribution in [-0.2, 0) is 9.47 Å². The van der Waals surface area contributed by atoms with Gasteiger partial charge in [-0.2, -0.15) is 5.10 Å². The molecule has 8 heteroatoms. The van der Waals surface area contributed by atoms with Crippen LogP contribution in [0.15, 0.2) is 17.2 Å². The highest BCUT2D eigenvalue weighted by Crippen LogP contribution is 2.25. The Morgan fingerprint density at radius 1 is 1.39 bits per heavy atom. The summed E-state index contributed by atoms with van der Waals surface area (Å²) < 4.78 is 10.9. The average molecular weight is 355 g/mol. The molecule has 2 saturated heterocycles. The second-order valence-electron chi connectivity index (χ2n) is 5.49. The van der Waals surface area contributed by atoms with E-state index < -0.39 is 0 Å². The summed E-state index contributed by atoms with van der Waals surface area (Å²) in [6.45, 7) is 5.09. The van der Waals surface area contributed by atoms with Crippen LogP contribution in [0.4, 0.5) is 5.00 Å². The van der Waals surface area contributed by atoms with Crippen LogP contribution in [0.3, 0.4) is 0 Å².